The van der Waals surface area contributed by atoms with E-state index >= 15 is 0 Å². The van der Waals surface area contributed by atoms with E-state index in [1.165, 1.54) is 36.4 Å². The molecule has 3 rings (SSSR count). The monoisotopic (exact) mass is 381 g/mol. The first-order valence-electron chi connectivity index (χ1n) is 8.77. The number of rotatable bonds is 3. The summed E-state index contributed by atoms with van der Waals surface area (Å²) >= 11 is 0. The molecule has 0 radical (unpaired) electrons. The average Bonchev–Trinajstić information content (AvgIpc) is 2.66. The van der Waals surface area contributed by atoms with Crippen LogP contribution < -0.4 is 0 Å². The third kappa shape index (κ3) is 3.70. The third-order valence-corrected chi connectivity index (χ3v) is 4.43. The van der Waals surface area contributed by atoms with Crippen molar-refractivity contribution in [2.75, 3.05) is 0 Å². The summed E-state index contributed by atoms with van der Waals surface area (Å²) in [5.74, 6) is 1.47. The van der Waals surface area contributed by atoms with Crippen molar-refractivity contribution in [3.63, 3.8) is 0 Å². The van der Waals surface area contributed by atoms with Gasteiger partial charge in [0.15, 0.2) is 5.82 Å². The highest BCUT2D eigenvalue weighted by Gasteiger charge is 2.15. The molecule has 0 aromatic heterocycles. The first kappa shape index (κ1) is 19.5. The Morgan fingerprint density at radius 1 is 0.857 bits per heavy atom. The van der Waals surface area contributed by atoms with Gasteiger partial charge in [0, 0.05) is 16.3 Å². The highest BCUT2D eigenvalue weighted by Crippen LogP contribution is 2.26. The van der Waals surface area contributed by atoms with E-state index in [1.54, 1.807) is 0 Å². The van der Waals surface area contributed by atoms with Crippen molar-refractivity contribution in [3.05, 3.63) is 81.9 Å². The summed E-state index contributed by atoms with van der Waals surface area (Å²) in [7, 11) is 0. The van der Waals surface area contributed by atoms with Gasteiger partial charge < -0.3 is 0 Å². The number of halogens is 4. The minimum Gasteiger partial charge on any atom is -0.206 e. The highest BCUT2D eigenvalue weighted by atomic mass is 19.1. The van der Waals surface area contributed by atoms with Gasteiger partial charge in [-0.2, -0.15) is 5.26 Å². The standard InChI is InChI=1S/C23H15F4N/c1-2-3-5-14-10-20(24)17(21(25)11-14)9-8-15-6-4-7-16-18(15)12-22(26)19(13-28)23(16)27/h4,6-7,10-12H,2-3,5H2,1H3. The minimum absolute atomic E-state index is 0.0145. The van der Waals surface area contributed by atoms with Gasteiger partial charge in [-0.15, -0.1) is 0 Å². The summed E-state index contributed by atoms with van der Waals surface area (Å²) in [6, 6.07) is 9.35. The highest BCUT2D eigenvalue weighted by molar-refractivity contribution is 5.90. The molecule has 28 heavy (non-hydrogen) atoms. The molecule has 0 saturated carbocycles. The molecule has 0 fully saturated rings. The molecule has 0 aliphatic carbocycles. The number of fused-ring (bicyclic) bond motifs is 1. The molecule has 0 unspecified atom stereocenters. The molecule has 0 amide bonds. The third-order valence-electron chi connectivity index (χ3n) is 4.43. The molecule has 3 aromatic carbocycles. The van der Waals surface area contributed by atoms with Gasteiger partial charge in [-0.1, -0.05) is 37.3 Å². The van der Waals surface area contributed by atoms with Crippen LogP contribution in [0.2, 0.25) is 0 Å². The van der Waals surface area contributed by atoms with Gasteiger partial charge in [-0.3, -0.25) is 0 Å². The number of benzene rings is 3. The average molecular weight is 381 g/mol. The molecular formula is C23H15F4N. The van der Waals surface area contributed by atoms with Crippen LogP contribution in [0.3, 0.4) is 0 Å². The molecule has 3 aromatic rings. The van der Waals surface area contributed by atoms with Crippen LogP contribution in [0.5, 0.6) is 0 Å². The molecule has 0 heterocycles. The Morgan fingerprint density at radius 3 is 2.18 bits per heavy atom. The van der Waals surface area contributed by atoms with Crippen LogP contribution in [-0.2, 0) is 6.42 Å². The smallest absolute Gasteiger partial charge is 0.151 e. The fraction of sp³-hybridized carbons (Fsp3) is 0.174. The van der Waals surface area contributed by atoms with Gasteiger partial charge in [0.25, 0.3) is 0 Å². The largest absolute Gasteiger partial charge is 0.206 e. The number of unbranched alkanes of at least 4 members (excludes halogenated alkanes) is 1. The van der Waals surface area contributed by atoms with Gasteiger partial charge in [-0.25, -0.2) is 17.6 Å². The topological polar surface area (TPSA) is 23.8 Å². The Bertz CT molecular complexity index is 1140. The second-order valence-corrected chi connectivity index (χ2v) is 6.35. The van der Waals surface area contributed by atoms with Crippen LogP contribution in [0.15, 0.2) is 36.4 Å². The number of hydrogen-bond acceptors (Lipinski definition) is 1. The SMILES string of the molecule is CCCCc1cc(F)c(C#Cc2cccc3c(F)c(C#N)c(F)cc23)c(F)c1. The van der Waals surface area contributed by atoms with Gasteiger partial charge in [0.05, 0.1) is 5.56 Å². The molecule has 1 nitrogen and oxygen atoms in total. The molecule has 5 heteroatoms. The lowest BCUT2D eigenvalue weighted by atomic mass is 10.0. The Morgan fingerprint density at radius 2 is 1.54 bits per heavy atom. The Hall–Kier alpha value is -3.31. The van der Waals surface area contributed by atoms with Crippen molar-refractivity contribution in [1.82, 2.24) is 0 Å². The quantitative estimate of drug-likeness (QED) is 0.403. The van der Waals surface area contributed by atoms with E-state index in [-0.39, 0.29) is 16.3 Å². The summed E-state index contributed by atoms with van der Waals surface area (Å²) in [5.41, 5.74) is -0.321. The van der Waals surface area contributed by atoms with E-state index < -0.39 is 34.4 Å². The zero-order chi connectivity index (χ0) is 20.3. The van der Waals surface area contributed by atoms with E-state index in [0.717, 1.165) is 18.9 Å². The van der Waals surface area contributed by atoms with Crippen molar-refractivity contribution in [3.8, 4) is 17.9 Å². The molecule has 0 spiro atoms. The van der Waals surface area contributed by atoms with E-state index in [4.69, 9.17) is 5.26 Å². The lowest BCUT2D eigenvalue weighted by Gasteiger charge is -2.05. The number of aryl methyl sites for hydroxylation is 1. The number of nitriles is 1. The fourth-order valence-corrected chi connectivity index (χ4v) is 2.96. The molecule has 0 N–H and O–H groups in total. The Kier molecular flexibility index (Phi) is 5.66. The van der Waals surface area contributed by atoms with E-state index in [0.29, 0.717) is 12.0 Å². The van der Waals surface area contributed by atoms with Gasteiger partial charge in [0.2, 0.25) is 0 Å². The van der Waals surface area contributed by atoms with Crippen molar-refractivity contribution in [2.24, 2.45) is 0 Å². The van der Waals surface area contributed by atoms with E-state index in [2.05, 4.69) is 11.8 Å². The van der Waals surface area contributed by atoms with Gasteiger partial charge in [-0.05, 0) is 42.7 Å². The normalized spacial score (nSPS) is 10.4. The van der Waals surface area contributed by atoms with Crippen LogP contribution in [-0.4, -0.2) is 0 Å². The summed E-state index contributed by atoms with van der Waals surface area (Å²) in [4.78, 5) is 0. The first-order chi connectivity index (χ1) is 13.5. The molecule has 0 aliphatic rings. The van der Waals surface area contributed by atoms with Gasteiger partial charge in [0.1, 0.15) is 29.1 Å². The summed E-state index contributed by atoms with van der Waals surface area (Å²) in [6.45, 7) is 1.99. The molecule has 140 valence electrons. The first-order valence-corrected chi connectivity index (χ1v) is 8.77. The van der Waals surface area contributed by atoms with Crippen LogP contribution >= 0.6 is 0 Å². The zero-order valence-corrected chi connectivity index (χ0v) is 15.0. The van der Waals surface area contributed by atoms with Crippen LogP contribution in [0.25, 0.3) is 10.8 Å². The van der Waals surface area contributed by atoms with Crippen molar-refractivity contribution < 1.29 is 17.6 Å². The maximum atomic E-state index is 14.3. The van der Waals surface area contributed by atoms with Crippen LogP contribution in [0.4, 0.5) is 17.6 Å². The van der Waals surface area contributed by atoms with Crippen molar-refractivity contribution in [2.45, 2.75) is 26.2 Å². The van der Waals surface area contributed by atoms with Gasteiger partial charge >= 0.3 is 0 Å². The van der Waals surface area contributed by atoms with Crippen molar-refractivity contribution in [1.29, 1.82) is 5.26 Å². The number of hydrogen-bond donors (Lipinski definition) is 0. The van der Waals surface area contributed by atoms with E-state index in [9.17, 15) is 17.6 Å². The lowest BCUT2D eigenvalue weighted by Crippen LogP contribution is -1.96. The predicted molar refractivity (Wildman–Crippen MR) is 99.5 cm³/mol. The zero-order valence-electron chi connectivity index (χ0n) is 15.0. The predicted octanol–water partition coefficient (Wildman–Crippen LogP) is 6.01. The lowest BCUT2D eigenvalue weighted by molar-refractivity contribution is 0.572. The van der Waals surface area contributed by atoms with Crippen molar-refractivity contribution >= 4 is 10.8 Å². The molecular weight excluding hydrogens is 366 g/mol. The molecule has 0 saturated heterocycles. The maximum Gasteiger partial charge on any atom is 0.151 e. The summed E-state index contributed by atoms with van der Waals surface area (Å²) in [5, 5.41) is 9.02. The molecule has 0 bridgehead atoms. The summed E-state index contributed by atoms with van der Waals surface area (Å²) < 4.78 is 56.9. The fourth-order valence-electron chi connectivity index (χ4n) is 2.96. The second kappa shape index (κ2) is 8.15. The van der Waals surface area contributed by atoms with Crippen LogP contribution in [0.1, 0.15) is 42.0 Å². The second-order valence-electron chi connectivity index (χ2n) is 6.35. The van der Waals surface area contributed by atoms with Crippen LogP contribution in [0, 0.1) is 46.4 Å². The Balaban J connectivity index is 2.08. The maximum absolute atomic E-state index is 14.3. The summed E-state index contributed by atoms with van der Waals surface area (Å²) in [6.07, 6.45) is 2.30. The molecule has 0 aliphatic heterocycles. The number of nitrogens with zero attached hydrogens (tertiary/aromatic N) is 1. The minimum atomic E-state index is -1.01. The Labute approximate surface area is 160 Å². The van der Waals surface area contributed by atoms with E-state index in [1.807, 2.05) is 6.92 Å². The molecule has 0 atom stereocenters.